The van der Waals surface area contributed by atoms with Crippen LogP contribution in [0.15, 0.2) is 20.0 Å². The highest BCUT2D eigenvalue weighted by atomic mass is 79.9. The summed E-state index contributed by atoms with van der Waals surface area (Å²) in [5, 5.41) is 2.90. The normalized spacial score (nSPS) is 20.4. The van der Waals surface area contributed by atoms with Gasteiger partial charge < -0.3 is 14.5 Å². The minimum atomic E-state index is -3.57. The molecule has 1 aromatic rings. The lowest BCUT2D eigenvalue weighted by Crippen LogP contribution is -2.34. The summed E-state index contributed by atoms with van der Waals surface area (Å²) in [4.78, 5) is 0.125. The number of furan rings is 1. The molecule has 2 rings (SSSR count). The maximum Gasteiger partial charge on any atom is 0.245 e. The van der Waals surface area contributed by atoms with Gasteiger partial charge in [-0.05, 0) is 29.4 Å². The summed E-state index contributed by atoms with van der Waals surface area (Å²) in [6.45, 7) is 1.48. The van der Waals surface area contributed by atoms with Crippen LogP contribution >= 0.6 is 15.9 Å². The van der Waals surface area contributed by atoms with Crippen molar-refractivity contribution in [2.75, 3.05) is 20.3 Å². The molecule has 102 valence electrons. The lowest BCUT2D eigenvalue weighted by molar-refractivity contribution is 0.192. The first-order valence-corrected chi connectivity index (χ1v) is 7.83. The molecule has 1 fully saturated rings. The molecule has 0 aromatic carbocycles. The summed E-state index contributed by atoms with van der Waals surface area (Å²) in [5.41, 5.74) is 0. The van der Waals surface area contributed by atoms with E-state index in [0.29, 0.717) is 31.9 Å². The van der Waals surface area contributed by atoms with E-state index < -0.39 is 10.0 Å². The highest BCUT2D eigenvalue weighted by Gasteiger charge is 2.27. The molecule has 18 heavy (non-hydrogen) atoms. The van der Waals surface area contributed by atoms with E-state index in [1.54, 1.807) is 7.05 Å². The lowest BCUT2D eigenvalue weighted by Gasteiger charge is -2.09. The van der Waals surface area contributed by atoms with Gasteiger partial charge in [0.1, 0.15) is 10.7 Å². The molecule has 0 amide bonds. The molecule has 1 unspecified atom stereocenters. The van der Waals surface area contributed by atoms with Crippen molar-refractivity contribution in [1.29, 1.82) is 0 Å². The highest BCUT2D eigenvalue weighted by molar-refractivity contribution is 9.10. The molecule has 1 aliphatic rings. The average molecular weight is 339 g/mol. The van der Waals surface area contributed by atoms with Gasteiger partial charge >= 0.3 is 0 Å². The van der Waals surface area contributed by atoms with Crippen molar-refractivity contribution >= 4 is 26.0 Å². The number of rotatable bonds is 5. The van der Waals surface area contributed by atoms with Crippen LogP contribution in [-0.2, 0) is 21.3 Å². The summed E-state index contributed by atoms with van der Waals surface area (Å²) in [6.07, 6.45) is 0.693. The average Bonchev–Trinajstić information content (AvgIpc) is 2.88. The highest BCUT2D eigenvalue weighted by Crippen LogP contribution is 2.26. The number of halogens is 1. The Morgan fingerprint density at radius 1 is 1.56 bits per heavy atom. The zero-order valence-electron chi connectivity index (χ0n) is 9.90. The molecule has 0 aliphatic carbocycles. The predicted octanol–water partition coefficient (Wildman–Crippen LogP) is 0.829. The predicted molar refractivity (Wildman–Crippen MR) is 68.7 cm³/mol. The van der Waals surface area contributed by atoms with Gasteiger partial charge in [0.2, 0.25) is 10.0 Å². The van der Waals surface area contributed by atoms with E-state index in [-0.39, 0.29) is 15.6 Å². The molecular formula is C10H15BrN2O4S. The zero-order chi connectivity index (χ0) is 13.2. The fourth-order valence-corrected chi connectivity index (χ4v) is 4.01. The van der Waals surface area contributed by atoms with Crippen LogP contribution < -0.4 is 10.0 Å². The van der Waals surface area contributed by atoms with E-state index in [9.17, 15) is 8.42 Å². The van der Waals surface area contributed by atoms with Gasteiger partial charge in [0.25, 0.3) is 0 Å². The van der Waals surface area contributed by atoms with Crippen molar-refractivity contribution < 1.29 is 17.6 Å². The quantitative estimate of drug-likeness (QED) is 0.831. The van der Waals surface area contributed by atoms with Crippen LogP contribution in [0.3, 0.4) is 0 Å². The topological polar surface area (TPSA) is 80.6 Å². The Bertz CT molecular complexity index is 508. The Hall–Kier alpha value is -0.410. The van der Waals surface area contributed by atoms with E-state index in [1.165, 1.54) is 6.07 Å². The van der Waals surface area contributed by atoms with Crippen molar-refractivity contribution in [3.63, 3.8) is 0 Å². The van der Waals surface area contributed by atoms with E-state index >= 15 is 0 Å². The Kier molecular flexibility index (Phi) is 4.44. The first-order chi connectivity index (χ1) is 8.53. The second kappa shape index (κ2) is 5.70. The SMILES string of the molecule is CNCc1cc(S(=O)(=O)NC2CCOC2)c(Br)o1. The maximum absolute atomic E-state index is 12.1. The van der Waals surface area contributed by atoms with Crippen molar-refractivity contribution in [3.05, 3.63) is 16.5 Å². The summed E-state index contributed by atoms with van der Waals surface area (Å²) in [7, 11) is -1.81. The summed E-state index contributed by atoms with van der Waals surface area (Å²) in [5.74, 6) is 0.562. The maximum atomic E-state index is 12.1. The van der Waals surface area contributed by atoms with E-state index in [1.807, 2.05) is 0 Å². The molecule has 1 atom stereocenters. The minimum Gasteiger partial charge on any atom is -0.452 e. The van der Waals surface area contributed by atoms with Gasteiger partial charge in [-0.25, -0.2) is 13.1 Å². The Balaban J connectivity index is 2.17. The van der Waals surface area contributed by atoms with Crippen LogP contribution in [0.25, 0.3) is 0 Å². The summed E-state index contributed by atoms with van der Waals surface area (Å²) < 4.78 is 37.6. The molecule has 2 N–H and O–H groups in total. The van der Waals surface area contributed by atoms with Gasteiger partial charge in [-0.2, -0.15) is 0 Å². The third-order valence-corrected chi connectivity index (χ3v) is 4.98. The zero-order valence-corrected chi connectivity index (χ0v) is 12.3. The monoisotopic (exact) mass is 338 g/mol. The summed E-state index contributed by atoms with van der Waals surface area (Å²) >= 11 is 3.13. The Labute approximate surface area is 114 Å². The van der Waals surface area contributed by atoms with Gasteiger partial charge in [0.05, 0.1) is 13.2 Å². The van der Waals surface area contributed by atoms with Crippen molar-refractivity contribution in [2.45, 2.75) is 23.9 Å². The van der Waals surface area contributed by atoms with Crippen LogP contribution in [0.4, 0.5) is 0 Å². The molecule has 0 spiro atoms. The van der Waals surface area contributed by atoms with E-state index in [4.69, 9.17) is 9.15 Å². The minimum absolute atomic E-state index is 0.125. The number of hydrogen-bond donors (Lipinski definition) is 2. The largest absolute Gasteiger partial charge is 0.452 e. The van der Waals surface area contributed by atoms with Gasteiger partial charge in [-0.3, -0.25) is 0 Å². The smallest absolute Gasteiger partial charge is 0.245 e. The molecule has 6 nitrogen and oxygen atoms in total. The Morgan fingerprint density at radius 2 is 2.33 bits per heavy atom. The first-order valence-electron chi connectivity index (χ1n) is 5.56. The molecule has 2 heterocycles. The van der Waals surface area contributed by atoms with E-state index in [0.717, 1.165) is 0 Å². The van der Waals surface area contributed by atoms with Crippen LogP contribution in [-0.4, -0.2) is 34.7 Å². The third-order valence-electron chi connectivity index (χ3n) is 2.60. The molecule has 1 saturated heterocycles. The molecule has 1 aromatic heterocycles. The van der Waals surface area contributed by atoms with Crippen LogP contribution in [0.2, 0.25) is 0 Å². The van der Waals surface area contributed by atoms with Crippen molar-refractivity contribution in [1.82, 2.24) is 10.0 Å². The van der Waals surface area contributed by atoms with Gasteiger partial charge in [-0.1, -0.05) is 0 Å². The molecule has 0 radical (unpaired) electrons. The number of ether oxygens (including phenoxy) is 1. The Morgan fingerprint density at radius 3 is 2.94 bits per heavy atom. The number of sulfonamides is 1. The molecule has 8 heteroatoms. The van der Waals surface area contributed by atoms with Crippen LogP contribution in [0, 0.1) is 0 Å². The molecule has 1 aliphatic heterocycles. The van der Waals surface area contributed by atoms with E-state index in [2.05, 4.69) is 26.0 Å². The van der Waals surface area contributed by atoms with Gasteiger partial charge in [0, 0.05) is 18.7 Å². The molecule has 0 bridgehead atoms. The second-order valence-corrected chi connectivity index (χ2v) is 6.47. The lowest BCUT2D eigenvalue weighted by atomic mass is 10.3. The van der Waals surface area contributed by atoms with Crippen molar-refractivity contribution in [2.24, 2.45) is 0 Å². The fourth-order valence-electron chi connectivity index (χ4n) is 1.75. The van der Waals surface area contributed by atoms with Gasteiger partial charge in [-0.15, -0.1) is 0 Å². The first kappa shape index (κ1) is 14.0. The van der Waals surface area contributed by atoms with Crippen molar-refractivity contribution in [3.8, 4) is 0 Å². The van der Waals surface area contributed by atoms with Crippen LogP contribution in [0.1, 0.15) is 12.2 Å². The number of nitrogens with one attached hydrogen (secondary N) is 2. The number of hydrogen-bond acceptors (Lipinski definition) is 5. The van der Waals surface area contributed by atoms with Crippen LogP contribution in [0.5, 0.6) is 0 Å². The van der Waals surface area contributed by atoms with Gasteiger partial charge in [0.15, 0.2) is 4.67 Å². The fraction of sp³-hybridized carbons (Fsp3) is 0.600. The second-order valence-electron chi connectivity index (χ2n) is 4.06. The molecule has 0 saturated carbocycles. The summed E-state index contributed by atoms with van der Waals surface area (Å²) in [6, 6.07) is 1.35. The standard InChI is InChI=1S/C10H15BrN2O4S/c1-12-5-8-4-9(10(11)17-8)18(14,15)13-7-2-3-16-6-7/h4,7,12-13H,2-3,5-6H2,1H3. The molecular weight excluding hydrogens is 324 g/mol. The third kappa shape index (κ3) is 3.12.